The Bertz CT molecular complexity index is 795. The van der Waals surface area contributed by atoms with Crippen LogP contribution in [0.1, 0.15) is 19.3 Å². The second kappa shape index (κ2) is 9.20. The SMILES string of the molecule is c1ccc(OCCCNCC2CCN(c3nc4ccccc4s3)CC2)cc1. The molecule has 0 amide bonds. The fourth-order valence-corrected chi connectivity index (χ4v) is 4.55. The van der Waals surface area contributed by atoms with Gasteiger partial charge in [0, 0.05) is 13.1 Å². The van der Waals surface area contributed by atoms with Gasteiger partial charge in [-0.05, 0) is 62.5 Å². The summed E-state index contributed by atoms with van der Waals surface area (Å²) in [6, 6.07) is 18.5. The average Bonchev–Trinajstić information content (AvgIpc) is 3.16. The smallest absolute Gasteiger partial charge is 0.186 e. The monoisotopic (exact) mass is 381 g/mol. The van der Waals surface area contributed by atoms with Crippen LogP contribution in [0.15, 0.2) is 54.6 Å². The quantitative estimate of drug-likeness (QED) is 0.580. The van der Waals surface area contributed by atoms with Crippen LogP contribution in [0.2, 0.25) is 0 Å². The number of hydrogen-bond donors (Lipinski definition) is 1. The van der Waals surface area contributed by atoms with Gasteiger partial charge in [0.2, 0.25) is 0 Å². The summed E-state index contributed by atoms with van der Waals surface area (Å²) < 4.78 is 7.02. The normalized spacial score (nSPS) is 15.3. The fraction of sp³-hybridized carbons (Fsp3) is 0.409. The van der Waals surface area contributed by atoms with Crippen molar-refractivity contribution in [1.82, 2.24) is 10.3 Å². The zero-order chi connectivity index (χ0) is 18.3. The van der Waals surface area contributed by atoms with Crippen molar-refractivity contribution in [3.63, 3.8) is 0 Å². The van der Waals surface area contributed by atoms with Gasteiger partial charge in [-0.15, -0.1) is 0 Å². The van der Waals surface area contributed by atoms with E-state index in [4.69, 9.17) is 9.72 Å². The van der Waals surface area contributed by atoms with Crippen molar-refractivity contribution < 1.29 is 4.74 Å². The van der Waals surface area contributed by atoms with Crippen molar-refractivity contribution in [2.75, 3.05) is 37.7 Å². The van der Waals surface area contributed by atoms with E-state index in [1.54, 1.807) is 0 Å². The van der Waals surface area contributed by atoms with E-state index in [0.29, 0.717) is 0 Å². The maximum absolute atomic E-state index is 5.73. The van der Waals surface area contributed by atoms with Crippen LogP contribution in [0.4, 0.5) is 5.13 Å². The number of anilines is 1. The summed E-state index contributed by atoms with van der Waals surface area (Å²) in [6.45, 7) is 5.13. The molecule has 1 N–H and O–H groups in total. The van der Waals surface area contributed by atoms with Crippen molar-refractivity contribution in [3.05, 3.63) is 54.6 Å². The highest BCUT2D eigenvalue weighted by Crippen LogP contribution is 2.31. The number of para-hydroxylation sites is 2. The highest BCUT2D eigenvalue weighted by atomic mass is 32.1. The van der Waals surface area contributed by atoms with Crippen molar-refractivity contribution in [2.24, 2.45) is 5.92 Å². The summed E-state index contributed by atoms with van der Waals surface area (Å²) >= 11 is 1.82. The van der Waals surface area contributed by atoms with Gasteiger partial charge >= 0.3 is 0 Å². The molecule has 1 fully saturated rings. The van der Waals surface area contributed by atoms with Gasteiger partial charge in [0.15, 0.2) is 5.13 Å². The molecule has 142 valence electrons. The van der Waals surface area contributed by atoms with E-state index in [-0.39, 0.29) is 0 Å². The number of benzene rings is 2. The summed E-state index contributed by atoms with van der Waals surface area (Å²) in [4.78, 5) is 7.25. The van der Waals surface area contributed by atoms with Crippen LogP contribution >= 0.6 is 11.3 Å². The van der Waals surface area contributed by atoms with Crippen LogP contribution in [0.5, 0.6) is 5.75 Å². The van der Waals surface area contributed by atoms with E-state index >= 15 is 0 Å². The third-order valence-electron chi connectivity index (χ3n) is 5.11. The maximum Gasteiger partial charge on any atom is 0.186 e. The van der Waals surface area contributed by atoms with Gasteiger partial charge < -0.3 is 15.0 Å². The Hall–Kier alpha value is -2.11. The number of aromatic nitrogens is 1. The zero-order valence-corrected chi connectivity index (χ0v) is 16.5. The van der Waals surface area contributed by atoms with Gasteiger partial charge in [0.25, 0.3) is 0 Å². The standard InChI is InChI=1S/C22H27N3OS/c1-2-7-19(8-3-1)26-16-6-13-23-17-18-11-14-25(15-12-18)22-24-20-9-4-5-10-21(20)27-22/h1-5,7-10,18,23H,6,11-17H2. The lowest BCUT2D eigenvalue weighted by Gasteiger charge is -2.31. The summed E-state index contributed by atoms with van der Waals surface area (Å²) in [6.07, 6.45) is 3.52. The molecule has 27 heavy (non-hydrogen) atoms. The van der Waals surface area contributed by atoms with Crippen molar-refractivity contribution in [3.8, 4) is 5.75 Å². The summed E-state index contributed by atoms with van der Waals surface area (Å²) in [7, 11) is 0. The molecule has 0 unspecified atom stereocenters. The third-order valence-corrected chi connectivity index (χ3v) is 6.21. The van der Waals surface area contributed by atoms with Gasteiger partial charge in [-0.25, -0.2) is 4.98 Å². The minimum Gasteiger partial charge on any atom is -0.494 e. The molecule has 4 nitrogen and oxygen atoms in total. The van der Waals surface area contributed by atoms with Crippen LogP contribution in [0.3, 0.4) is 0 Å². The molecule has 0 spiro atoms. The van der Waals surface area contributed by atoms with Crippen molar-refractivity contribution >= 4 is 26.7 Å². The van der Waals surface area contributed by atoms with Crippen molar-refractivity contribution in [1.29, 1.82) is 0 Å². The van der Waals surface area contributed by atoms with E-state index < -0.39 is 0 Å². The Morgan fingerprint density at radius 1 is 1.04 bits per heavy atom. The highest BCUT2D eigenvalue weighted by Gasteiger charge is 2.21. The van der Waals surface area contributed by atoms with Crippen LogP contribution in [0, 0.1) is 5.92 Å². The number of piperidine rings is 1. The highest BCUT2D eigenvalue weighted by molar-refractivity contribution is 7.22. The lowest BCUT2D eigenvalue weighted by molar-refractivity contribution is 0.303. The maximum atomic E-state index is 5.73. The molecule has 5 heteroatoms. The largest absolute Gasteiger partial charge is 0.494 e. The first-order valence-corrected chi connectivity index (χ1v) is 10.7. The van der Waals surface area contributed by atoms with E-state index in [0.717, 1.165) is 56.4 Å². The predicted molar refractivity (Wildman–Crippen MR) is 114 cm³/mol. The van der Waals surface area contributed by atoms with Gasteiger partial charge in [-0.3, -0.25) is 0 Å². The van der Waals surface area contributed by atoms with E-state index in [2.05, 4.69) is 34.5 Å². The first kappa shape index (κ1) is 18.3. The second-order valence-electron chi connectivity index (χ2n) is 7.11. The molecule has 1 aliphatic heterocycles. The fourth-order valence-electron chi connectivity index (χ4n) is 3.53. The Kier molecular flexibility index (Phi) is 6.22. The minimum atomic E-state index is 0.769. The number of fused-ring (bicyclic) bond motifs is 1. The first-order valence-electron chi connectivity index (χ1n) is 9.87. The Labute approximate surface area is 165 Å². The topological polar surface area (TPSA) is 37.4 Å². The van der Waals surface area contributed by atoms with Crippen LogP contribution in [-0.2, 0) is 0 Å². The molecule has 2 aromatic carbocycles. The molecular weight excluding hydrogens is 354 g/mol. The van der Waals surface area contributed by atoms with Gasteiger partial charge in [0.1, 0.15) is 5.75 Å². The molecule has 0 bridgehead atoms. The molecule has 4 rings (SSSR count). The number of rotatable bonds is 8. The molecule has 0 aliphatic carbocycles. The Balaban J connectivity index is 1.13. The zero-order valence-electron chi connectivity index (χ0n) is 15.6. The number of ether oxygens (including phenoxy) is 1. The lowest BCUT2D eigenvalue weighted by Crippen LogP contribution is -2.37. The molecule has 0 saturated carbocycles. The van der Waals surface area contributed by atoms with Crippen LogP contribution in [-0.4, -0.2) is 37.8 Å². The predicted octanol–water partition coefficient (Wildman–Crippen LogP) is 4.57. The molecule has 1 aliphatic rings. The van der Waals surface area contributed by atoms with Gasteiger partial charge in [0.05, 0.1) is 16.8 Å². The molecular formula is C22H27N3OS. The summed E-state index contributed by atoms with van der Waals surface area (Å²) in [5, 5.41) is 4.79. The number of nitrogens with zero attached hydrogens (tertiary/aromatic N) is 2. The third kappa shape index (κ3) is 4.99. The van der Waals surface area contributed by atoms with Crippen molar-refractivity contribution in [2.45, 2.75) is 19.3 Å². The number of hydrogen-bond acceptors (Lipinski definition) is 5. The Morgan fingerprint density at radius 3 is 2.63 bits per heavy atom. The Morgan fingerprint density at radius 2 is 1.81 bits per heavy atom. The van der Waals surface area contributed by atoms with E-state index in [9.17, 15) is 0 Å². The number of thiazole rings is 1. The molecule has 1 aromatic heterocycles. The average molecular weight is 382 g/mol. The molecule has 2 heterocycles. The summed E-state index contributed by atoms with van der Waals surface area (Å²) in [5.41, 5.74) is 1.12. The molecule has 0 atom stereocenters. The van der Waals surface area contributed by atoms with Crippen LogP contribution < -0.4 is 15.0 Å². The van der Waals surface area contributed by atoms with E-state index in [1.807, 2.05) is 41.7 Å². The van der Waals surface area contributed by atoms with E-state index in [1.165, 1.54) is 22.7 Å². The molecule has 1 saturated heterocycles. The first-order chi connectivity index (χ1) is 13.4. The lowest BCUT2D eigenvalue weighted by atomic mass is 9.97. The molecule has 3 aromatic rings. The summed E-state index contributed by atoms with van der Waals surface area (Å²) in [5.74, 6) is 1.73. The van der Waals surface area contributed by atoms with Gasteiger partial charge in [-0.2, -0.15) is 0 Å². The van der Waals surface area contributed by atoms with Gasteiger partial charge in [-0.1, -0.05) is 41.7 Å². The molecule has 0 radical (unpaired) electrons. The minimum absolute atomic E-state index is 0.769. The van der Waals surface area contributed by atoms with Crippen LogP contribution in [0.25, 0.3) is 10.2 Å². The second-order valence-corrected chi connectivity index (χ2v) is 8.12. The number of nitrogens with one attached hydrogen (secondary N) is 1.